The van der Waals surface area contributed by atoms with Crippen LogP contribution in [0.3, 0.4) is 0 Å². The molecule has 0 unspecified atom stereocenters. The normalized spacial score (nSPS) is 12.6. The van der Waals surface area contributed by atoms with Gasteiger partial charge in [0, 0.05) is 12.5 Å². The Morgan fingerprint density at radius 2 is 2.08 bits per heavy atom. The number of amides is 1. The van der Waals surface area contributed by atoms with E-state index in [0.29, 0.717) is 5.92 Å². The lowest BCUT2D eigenvalue weighted by Gasteiger charge is -2.12. The zero-order valence-corrected chi connectivity index (χ0v) is 8.97. The predicted molar refractivity (Wildman–Crippen MR) is 56.4 cm³/mol. The fourth-order valence-electron chi connectivity index (χ4n) is 0.978. The molecular weight excluding hydrogens is 162 g/mol. The predicted octanol–water partition coefficient (Wildman–Crippen LogP) is 2.36. The highest BCUT2D eigenvalue weighted by Gasteiger charge is 2.11. The van der Waals surface area contributed by atoms with Crippen molar-refractivity contribution >= 4 is 5.91 Å². The van der Waals surface area contributed by atoms with E-state index in [-0.39, 0.29) is 11.8 Å². The molecule has 0 rings (SSSR count). The third-order valence-corrected chi connectivity index (χ3v) is 1.94. The minimum Gasteiger partial charge on any atom is -0.356 e. The third-order valence-electron chi connectivity index (χ3n) is 1.94. The van der Waals surface area contributed by atoms with Crippen molar-refractivity contribution in [2.24, 2.45) is 11.8 Å². The maximum atomic E-state index is 11.4. The number of rotatable bonds is 6. The highest BCUT2D eigenvalue weighted by atomic mass is 16.1. The van der Waals surface area contributed by atoms with Gasteiger partial charge in [-0.25, -0.2) is 0 Å². The second-order valence-corrected chi connectivity index (χ2v) is 3.91. The molecule has 0 aliphatic rings. The van der Waals surface area contributed by atoms with Crippen molar-refractivity contribution in [1.82, 2.24) is 5.32 Å². The quantitative estimate of drug-likeness (QED) is 0.629. The largest absolute Gasteiger partial charge is 0.356 e. The maximum absolute atomic E-state index is 11.4. The Hall–Kier alpha value is -0.790. The van der Waals surface area contributed by atoms with Crippen molar-refractivity contribution in [2.45, 2.75) is 33.6 Å². The van der Waals surface area contributed by atoms with Crippen LogP contribution in [0.15, 0.2) is 12.7 Å². The number of hydrogen-bond donors (Lipinski definition) is 1. The van der Waals surface area contributed by atoms with Gasteiger partial charge in [-0.2, -0.15) is 0 Å². The van der Waals surface area contributed by atoms with Gasteiger partial charge in [-0.15, -0.1) is 6.58 Å². The summed E-state index contributed by atoms with van der Waals surface area (Å²) in [7, 11) is 0. The molecule has 0 aromatic rings. The molecule has 76 valence electrons. The number of hydrogen-bond acceptors (Lipinski definition) is 1. The molecule has 0 radical (unpaired) electrons. The van der Waals surface area contributed by atoms with Gasteiger partial charge in [-0.05, 0) is 18.8 Å². The first-order chi connectivity index (χ1) is 6.07. The van der Waals surface area contributed by atoms with E-state index in [1.165, 1.54) is 0 Å². The van der Waals surface area contributed by atoms with Crippen molar-refractivity contribution < 1.29 is 4.79 Å². The monoisotopic (exact) mass is 183 g/mol. The van der Waals surface area contributed by atoms with Crippen molar-refractivity contribution in [3.63, 3.8) is 0 Å². The van der Waals surface area contributed by atoms with Crippen molar-refractivity contribution in [1.29, 1.82) is 0 Å². The van der Waals surface area contributed by atoms with Gasteiger partial charge >= 0.3 is 0 Å². The minimum atomic E-state index is 0.108. The Kier molecular flexibility index (Phi) is 6.29. The summed E-state index contributed by atoms with van der Waals surface area (Å²) in [5, 5.41) is 2.92. The summed E-state index contributed by atoms with van der Waals surface area (Å²) in [5.74, 6) is 0.794. The molecule has 1 atom stereocenters. The Morgan fingerprint density at radius 3 is 2.54 bits per heavy atom. The molecule has 2 heteroatoms. The number of nitrogens with one attached hydrogen (secondary N) is 1. The van der Waals surface area contributed by atoms with Crippen LogP contribution in [0.25, 0.3) is 0 Å². The van der Waals surface area contributed by atoms with E-state index in [1.54, 1.807) is 0 Å². The van der Waals surface area contributed by atoms with Crippen LogP contribution in [0.1, 0.15) is 33.6 Å². The molecule has 13 heavy (non-hydrogen) atoms. The van der Waals surface area contributed by atoms with Gasteiger partial charge in [0.15, 0.2) is 0 Å². The maximum Gasteiger partial charge on any atom is 0.222 e. The Balaban J connectivity index is 3.62. The first kappa shape index (κ1) is 12.2. The van der Waals surface area contributed by atoms with Crippen LogP contribution in [0.4, 0.5) is 0 Å². The average Bonchev–Trinajstić information content (AvgIpc) is 2.10. The van der Waals surface area contributed by atoms with E-state index in [1.807, 2.05) is 13.0 Å². The summed E-state index contributed by atoms with van der Waals surface area (Å²) in [6, 6.07) is 0. The molecule has 0 heterocycles. The summed E-state index contributed by atoms with van der Waals surface area (Å²) >= 11 is 0. The second kappa shape index (κ2) is 6.70. The zero-order chi connectivity index (χ0) is 10.3. The standard InChI is InChI=1S/C11H21NO/c1-5-6-7-10(4)11(13)12-8-9(2)3/h5,9-10H,1,6-8H2,2-4H3,(H,12,13)/t10-/m1/s1. The van der Waals surface area contributed by atoms with E-state index >= 15 is 0 Å². The molecule has 0 aliphatic carbocycles. The minimum absolute atomic E-state index is 0.108. The van der Waals surface area contributed by atoms with E-state index in [0.717, 1.165) is 19.4 Å². The average molecular weight is 183 g/mol. The molecule has 2 nitrogen and oxygen atoms in total. The lowest BCUT2D eigenvalue weighted by molar-refractivity contribution is -0.124. The number of carbonyl (C=O) groups is 1. The van der Waals surface area contributed by atoms with Crippen molar-refractivity contribution in [2.75, 3.05) is 6.54 Å². The second-order valence-electron chi connectivity index (χ2n) is 3.91. The van der Waals surface area contributed by atoms with E-state index in [4.69, 9.17) is 0 Å². The van der Waals surface area contributed by atoms with Crippen LogP contribution < -0.4 is 5.32 Å². The molecule has 1 amide bonds. The van der Waals surface area contributed by atoms with Gasteiger partial charge in [0.05, 0.1) is 0 Å². The van der Waals surface area contributed by atoms with Crippen molar-refractivity contribution in [3.8, 4) is 0 Å². The first-order valence-corrected chi connectivity index (χ1v) is 4.96. The highest BCUT2D eigenvalue weighted by molar-refractivity contribution is 5.78. The van der Waals surface area contributed by atoms with Crippen LogP contribution in [-0.4, -0.2) is 12.5 Å². The molecule has 0 aromatic heterocycles. The molecular formula is C11H21NO. The number of carbonyl (C=O) groups excluding carboxylic acids is 1. The van der Waals surface area contributed by atoms with E-state index in [9.17, 15) is 4.79 Å². The van der Waals surface area contributed by atoms with Gasteiger partial charge in [-0.1, -0.05) is 26.8 Å². The van der Waals surface area contributed by atoms with Gasteiger partial charge in [0.1, 0.15) is 0 Å². The third kappa shape index (κ3) is 6.38. The Morgan fingerprint density at radius 1 is 1.46 bits per heavy atom. The molecule has 1 N–H and O–H groups in total. The van der Waals surface area contributed by atoms with Gasteiger partial charge < -0.3 is 5.32 Å². The molecule has 0 aromatic carbocycles. The van der Waals surface area contributed by atoms with E-state index in [2.05, 4.69) is 25.7 Å². The van der Waals surface area contributed by atoms with Gasteiger partial charge in [0.2, 0.25) is 5.91 Å². The van der Waals surface area contributed by atoms with Gasteiger partial charge in [0.25, 0.3) is 0 Å². The van der Waals surface area contributed by atoms with Crippen LogP contribution in [0, 0.1) is 11.8 Å². The first-order valence-electron chi connectivity index (χ1n) is 4.96. The molecule has 0 fully saturated rings. The fraction of sp³-hybridized carbons (Fsp3) is 0.727. The summed E-state index contributed by atoms with van der Waals surface area (Å²) < 4.78 is 0. The lowest BCUT2D eigenvalue weighted by Crippen LogP contribution is -2.31. The smallest absolute Gasteiger partial charge is 0.222 e. The van der Waals surface area contributed by atoms with Gasteiger partial charge in [-0.3, -0.25) is 4.79 Å². The van der Waals surface area contributed by atoms with E-state index < -0.39 is 0 Å². The fourth-order valence-corrected chi connectivity index (χ4v) is 0.978. The topological polar surface area (TPSA) is 29.1 Å². The summed E-state index contributed by atoms with van der Waals surface area (Å²) in [6.45, 7) is 10.6. The SMILES string of the molecule is C=CCC[C@@H](C)C(=O)NCC(C)C. The van der Waals surface area contributed by atoms with Crippen molar-refractivity contribution in [3.05, 3.63) is 12.7 Å². The van der Waals surface area contributed by atoms with Crippen LogP contribution >= 0.6 is 0 Å². The molecule has 0 saturated heterocycles. The highest BCUT2D eigenvalue weighted by Crippen LogP contribution is 2.05. The number of allylic oxidation sites excluding steroid dienone is 1. The van der Waals surface area contributed by atoms with Crippen LogP contribution in [0.2, 0.25) is 0 Å². The summed E-state index contributed by atoms with van der Waals surface area (Å²) in [6.07, 6.45) is 3.66. The van der Waals surface area contributed by atoms with Crippen LogP contribution in [0.5, 0.6) is 0 Å². The molecule has 0 bridgehead atoms. The Bertz CT molecular complexity index is 163. The molecule has 0 spiro atoms. The zero-order valence-electron chi connectivity index (χ0n) is 8.97. The van der Waals surface area contributed by atoms with Crippen LogP contribution in [-0.2, 0) is 4.79 Å². The molecule has 0 saturated carbocycles. The summed E-state index contributed by atoms with van der Waals surface area (Å²) in [5.41, 5.74) is 0. The lowest BCUT2D eigenvalue weighted by atomic mass is 10.0. The Labute approximate surface area is 81.4 Å². The molecule has 0 aliphatic heterocycles. The summed E-state index contributed by atoms with van der Waals surface area (Å²) in [4.78, 5) is 11.4.